The molecule has 192 valence electrons. The van der Waals surface area contributed by atoms with Crippen molar-refractivity contribution < 1.29 is 22.1 Å². The maximum Gasteiger partial charge on any atom is 0.266 e. The van der Waals surface area contributed by atoms with Crippen molar-refractivity contribution in [3.63, 3.8) is 0 Å². The molecule has 0 aromatic heterocycles. The Morgan fingerprint density at radius 3 is 1.66 bits per heavy atom. The molecule has 0 heterocycles. The monoisotopic (exact) mass is 476 g/mol. The Bertz CT molecular complexity index is 518. The molecule has 0 amide bonds. The van der Waals surface area contributed by atoms with Gasteiger partial charge in [0.1, 0.15) is 0 Å². The molecule has 0 aliphatic rings. The lowest BCUT2D eigenvalue weighted by molar-refractivity contribution is -0.0744. The molecule has 0 spiro atoms. The van der Waals surface area contributed by atoms with Crippen molar-refractivity contribution in [2.75, 3.05) is 26.1 Å². The van der Waals surface area contributed by atoms with Crippen LogP contribution < -0.4 is 0 Å². The molecule has 0 saturated heterocycles. The van der Waals surface area contributed by atoms with E-state index < -0.39 is 16.4 Å². The van der Waals surface area contributed by atoms with E-state index in [0.29, 0.717) is 13.0 Å². The smallest absolute Gasteiger partial charge is 0.266 e. The summed E-state index contributed by atoms with van der Waals surface area (Å²) in [5, 5.41) is 0. The third kappa shape index (κ3) is 24.2. The van der Waals surface area contributed by atoms with Crippen LogP contribution in [0.1, 0.15) is 123 Å². The molecule has 0 aromatic rings. The lowest BCUT2D eigenvalue weighted by atomic mass is 10.0. The fraction of sp³-hybridized carbons (Fsp3) is 0.923. The van der Waals surface area contributed by atoms with Gasteiger partial charge in [-0.05, 0) is 24.8 Å². The number of rotatable bonds is 25. The zero-order chi connectivity index (χ0) is 23.9. The highest BCUT2D eigenvalue weighted by Gasteiger charge is 2.16. The topological polar surface area (TPSA) is 61.8 Å². The Labute approximate surface area is 199 Å². The molecule has 0 rings (SSSR count). The summed E-state index contributed by atoms with van der Waals surface area (Å²) in [5.74, 6) is 0. The van der Waals surface area contributed by atoms with Crippen molar-refractivity contribution in [3.05, 3.63) is 12.2 Å². The van der Waals surface area contributed by atoms with Gasteiger partial charge in [0.25, 0.3) is 10.1 Å². The molecule has 0 aromatic carbocycles. The maximum atomic E-state index is 11.3. The van der Waals surface area contributed by atoms with Crippen molar-refractivity contribution in [1.82, 2.24) is 0 Å². The Morgan fingerprint density at radius 1 is 0.719 bits per heavy atom. The molecule has 0 radical (unpaired) electrons. The van der Waals surface area contributed by atoms with Crippen LogP contribution in [0.3, 0.4) is 0 Å². The second kappa shape index (κ2) is 22.4. The maximum absolute atomic E-state index is 11.3. The first-order valence-corrected chi connectivity index (χ1v) is 14.9. The van der Waals surface area contributed by atoms with E-state index in [1.54, 1.807) is 0 Å². The predicted octanol–water partition coefficient (Wildman–Crippen LogP) is 7.55. The van der Waals surface area contributed by atoms with E-state index in [9.17, 15) is 8.42 Å². The quantitative estimate of drug-likeness (QED) is 0.0589. The number of unbranched alkanes of at least 4 members (excludes halogenated alkanes) is 14. The first-order valence-electron chi connectivity index (χ1n) is 13.1. The first-order chi connectivity index (χ1) is 15.4. The summed E-state index contributed by atoms with van der Waals surface area (Å²) in [4.78, 5) is 0. The summed E-state index contributed by atoms with van der Waals surface area (Å²) in [6, 6.07) is 0. The van der Waals surface area contributed by atoms with Crippen LogP contribution in [-0.4, -0.2) is 40.8 Å². The van der Waals surface area contributed by atoms with Crippen molar-refractivity contribution in [2.45, 2.75) is 129 Å². The Morgan fingerprint density at radius 2 is 1.19 bits per heavy atom. The van der Waals surface area contributed by atoms with Crippen molar-refractivity contribution in [1.29, 1.82) is 0 Å². The Kier molecular flexibility index (Phi) is 22.1. The Balaban J connectivity index is 3.49. The van der Waals surface area contributed by atoms with Crippen LogP contribution >= 0.6 is 0 Å². The molecule has 6 heteroatoms. The number of hydrogen-bond acceptors (Lipinski definition) is 5. The Hall–Kier alpha value is -0.430. The van der Waals surface area contributed by atoms with Gasteiger partial charge < -0.3 is 9.47 Å². The van der Waals surface area contributed by atoms with Gasteiger partial charge in [-0.1, -0.05) is 110 Å². The van der Waals surface area contributed by atoms with Gasteiger partial charge in [-0.2, -0.15) is 8.42 Å². The highest BCUT2D eigenvalue weighted by Crippen LogP contribution is 2.13. The van der Waals surface area contributed by atoms with Gasteiger partial charge >= 0.3 is 0 Å². The molecule has 0 N–H and O–H groups in total. The van der Waals surface area contributed by atoms with E-state index in [-0.39, 0.29) is 6.61 Å². The second-order valence-electron chi connectivity index (χ2n) is 9.08. The summed E-state index contributed by atoms with van der Waals surface area (Å²) in [7, 11) is -3.53. The van der Waals surface area contributed by atoms with Gasteiger partial charge in [0.05, 0.1) is 19.5 Å². The summed E-state index contributed by atoms with van der Waals surface area (Å²) < 4.78 is 38.9. The summed E-state index contributed by atoms with van der Waals surface area (Å²) >= 11 is 0. The molecule has 0 saturated carbocycles. The molecular formula is C26H52O5S. The number of ether oxygens (including phenoxy) is 2. The van der Waals surface area contributed by atoms with E-state index in [1.165, 1.54) is 83.5 Å². The molecule has 0 fully saturated rings. The van der Waals surface area contributed by atoms with Crippen LogP contribution in [-0.2, 0) is 23.8 Å². The van der Waals surface area contributed by atoms with E-state index >= 15 is 0 Å². The van der Waals surface area contributed by atoms with Crippen LogP contribution in [0.5, 0.6) is 0 Å². The zero-order valence-corrected chi connectivity index (χ0v) is 22.2. The van der Waals surface area contributed by atoms with Gasteiger partial charge in [0.15, 0.2) is 6.29 Å². The van der Waals surface area contributed by atoms with Gasteiger partial charge in [0.2, 0.25) is 0 Å². The van der Waals surface area contributed by atoms with Crippen molar-refractivity contribution in [2.24, 2.45) is 0 Å². The molecule has 0 aliphatic carbocycles. The van der Waals surface area contributed by atoms with Gasteiger partial charge in [0, 0.05) is 6.61 Å². The van der Waals surface area contributed by atoms with Crippen LogP contribution in [0.25, 0.3) is 0 Å². The molecular weight excluding hydrogens is 424 g/mol. The lowest BCUT2D eigenvalue weighted by Crippen LogP contribution is -2.22. The minimum Gasteiger partial charge on any atom is -0.377 e. The lowest BCUT2D eigenvalue weighted by Gasteiger charge is -2.17. The summed E-state index contributed by atoms with van der Waals surface area (Å²) in [5.41, 5.74) is 0.800. The second-order valence-corrected chi connectivity index (χ2v) is 10.7. The number of hydrogen-bond donors (Lipinski definition) is 0. The fourth-order valence-corrected chi connectivity index (χ4v) is 4.13. The average Bonchev–Trinajstić information content (AvgIpc) is 2.74. The predicted molar refractivity (Wildman–Crippen MR) is 135 cm³/mol. The largest absolute Gasteiger partial charge is 0.377 e. The molecule has 0 aliphatic heterocycles. The average molecular weight is 477 g/mol. The third-order valence-corrected chi connectivity index (χ3v) is 6.06. The van der Waals surface area contributed by atoms with Crippen molar-refractivity contribution >= 4 is 10.1 Å². The SMILES string of the molecule is C=C(COCCCCCCCCCCCCCCCC)COC(CCCC)OS(C)(=O)=O. The van der Waals surface area contributed by atoms with Crippen LogP contribution in [0.15, 0.2) is 12.2 Å². The van der Waals surface area contributed by atoms with Gasteiger partial charge in [-0.25, -0.2) is 4.18 Å². The van der Waals surface area contributed by atoms with Crippen LogP contribution in [0.4, 0.5) is 0 Å². The van der Waals surface area contributed by atoms with Crippen LogP contribution in [0.2, 0.25) is 0 Å². The van der Waals surface area contributed by atoms with Gasteiger partial charge in [-0.3, -0.25) is 0 Å². The van der Waals surface area contributed by atoms with Crippen molar-refractivity contribution in [3.8, 4) is 0 Å². The minimum atomic E-state index is -3.53. The zero-order valence-electron chi connectivity index (χ0n) is 21.4. The van der Waals surface area contributed by atoms with E-state index in [4.69, 9.17) is 13.7 Å². The molecule has 5 nitrogen and oxygen atoms in total. The standard InChI is InChI=1S/C26H52O5S/c1-5-7-9-10-11-12-13-14-15-16-17-18-19-20-22-29-23-25(3)24-30-26(21-8-6-2)31-32(4,27)28/h26H,3,5-24H2,1-2,4H3. The minimum absolute atomic E-state index is 0.253. The highest BCUT2D eigenvalue weighted by atomic mass is 32.2. The summed E-state index contributed by atoms with van der Waals surface area (Å²) in [6.45, 7) is 9.70. The normalized spacial score (nSPS) is 12.8. The van der Waals surface area contributed by atoms with E-state index in [1.807, 2.05) is 6.92 Å². The third-order valence-electron chi connectivity index (χ3n) is 5.50. The molecule has 1 atom stereocenters. The van der Waals surface area contributed by atoms with Gasteiger partial charge in [-0.15, -0.1) is 0 Å². The highest BCUT2D eigenvalue weighted by molar-refractivity contribution is 7.86. The van der Waals surface area contributed by atoms with E-state index in [0.717, 1.165) is 37.7 Å². The molecule has 32 heavy (non-hydrogen) atoms. The first kappa shape index (κ1) is 31.6. The molecule has 0 bridgehead atoms. The molecule has 1 unspecified atom stereocenters. The fourth-order valence-electron chi connectivity index (χ4n) is 3.59. The summed E-state index contributed by atoms with van der Waals surface area (Å²) in [6.07, 6.45) is 21.5. The van der Waals surface area contributed by atoms with E-state index in [2.05, 4.69) is 13.5 Å². The van der Waals surface area contributed by atoms with Crippen LogP contribution in [0, 0.1) is 0 Å².